The Bertz CT molecular complexity index is 1210. The molecule has 0 saturated carbocycles. The molecule has 1 aromatic carbocycles. The molecule has 0 bridgehead atoms. The first-order valence-corrected chi connectivity index (χ1v) is 16.1. The Balaban J connectivity index is 1.14. The van der Waals surface area contributed by atoms with Crippen LogP contribution in [0.3, 0.4) is 0 Å². The third kappa shape index (κ3) is 7.76. The summed E-state index contributed by atoms with van der Waals surface area (Å²) < 4.78 is 10.8. The van der Waals surface area contributed by atoms with E-state index >= 15 is 0 Å². The van der Waals surface area contributed by atoms with Gasteiger partial charge in [0.1, 0.15) is 10.8 Å². The molecule has 1 unspecified atom stereocenters. The molecule has 0 spiro atoms. The lowest BCUT2D eigenvalue weighted by molar-refractivity contribution is -0.139. The number of rotatable bonds is 11. The molecule has 1 aromatic heterocycles. The Morgan fingerprint density at radius 3 is 2.43 bits per heavy atom. The van der Waals surface area contributed by atoms with Gasteiger partial charge < -0.3 is 24.4 Å². The van der Waals surface area contributed by atoms with E-state index in [9.17, 15) is 9.59 Å². The predicted molar refractivity (Wildman–Crippen MR) is 162 cm³/mol. The zero-order chi connectivity index (χ0) is 29.6. The number of likely N-dealkylation sites (tertiary alicyclic amines) is 1. The molecule has 3 fully saturated rings. The number of ether oxygens (including phenoxy) is 2. The Morgan fingerprint density at radius 1 is 1.07 bits per heavy atom. The standard InChI is InChI=1S/C32H44N4O5S/c1-22(2)18-27-20-35(25-12-16-40-17-13-25)32(39)36(27)26-10-14-34(15-11-26)19-24-4-9-30(33-23(24)3)42-29-7-5-28(6-8-29)41-21-31(37)38/h4-9,22,25-27H,10-21H2,1-3H3,(H,37,38). The largest absolute Gasteiger partial charge is 0.482 e. The topological polar surface area (TPSA) is 95.4 Å². The number of carbonyl (C=O) groups excluding carboxylic acids is 1. The van der Waals surface area contributed by atoms with E-state index < -0.39 is 5.97 Å². The molecule has 42 heavy (non-hydrogen) atoms. The zero-order valence-electron chi connectivity index (χ0n) is 25.0. The lowest BCUT2D eigenvalue weighted by atomic mass is 9.97. The van der Waals surface area contributed by atoms with Crippen molar-refractivity contribution in [2.75, 3.05) is 39.5 Å². The van der Waals surface area contributed by atoms with Crippen LogP contribution in [-0.2, 0) is 16.1 Å². The summed E-state index contributed by atoms with van der Waals surface area (Å²) in [6.07, 6.45) is 4.98. The van der Waals surface area contributed by atoms with Crippen molar-refractivity contribution in [3.8, 4) is 5.75 Å². The molecule has 1 atom stereocenters. The van der Waals surface area contributed by atoms with Gasteiger partial charge in [0.25, 0.3) is 0 Å². The molecule has 10 heteroatoms. The number of carboxylic acid groups (broad SMARTS) is 1. The molecule has 0 radical (unpaired) electrons. The number of urea groups is 1. The van der Waals surface area contributed by atoms with Crippen molar-refractivity contribution in [1.29, 1.82) is 0 Å². The third-order valence-corrected chi connectivity index (χ3v) is 9.51. The van der Waals surface area contributed by atoms with E-state index in [4.69, 9.17) is 19.6 Å². The van der Waals surface area contributed by atoms with Gasteiger partial charge >= 0.3 is 12.0 Å². The summed E-state index contributed by atoms with van der Waals surface area (Å²) in [5.74, 6) is 0.104. The van der Waals surface area contributed by atoms with Crippen molar-refractivity contribution in [3.05, 3.63) is 47.7 Å². The lowest BCUT2D eigenvalue weighted by Gasteiger charge is -2.39. The maximum atomic E-state index is 13.7. The number of benzene rings is 1. The van der Waals surface area contributed by atoms with Gasteiger partial charge in [0, 0.05) is 62.1 Å². The second kappa shape index (κ2) is 14.1. The van der Waals surface area contributed by atoms with Crippen molar-refractivity contribution >= 4 is 23.8 Å². The second-order valence-corrected chi connectivity index (χ2v) is 13.2. The summed E-state index contributed by atoms with van der Waals surface area (Å²) in [4.78, 5) is 37.2. The van der Waals surface area contributed by atoms with Gasteiger partial charge in [0.05, 0.1) is 6.04 Å². The van der Waals surface area contributed by atoms with Crippen LogP contribution in [0.15, 0.2) is 46.3 Å². The Hall–Kier alpha value is -2.82. The van der Waals surface area contributed by atoms with E-state index in [0.29, 0.717) is 29.8 Å². The molecular formula is C32H44N4O5S. The molecule has 9 nitrogen and oxygen atoms in total. The zero-order valence-corrected chi connectivity index (χ0v) is 25.9. The number of pyridine rings is 1. The summed E-state index contributed by atoms with van der Waals surface area (Å²) in [5, 5.41) is 9.69. The van der Waals surface area contributed by atoms with Gasteiger partial charge in [-0.15, -0.1) is 0 Å². The van der Waals surface area contributed by atoms with Crippen LogP contribution in [0.25, 0.3) is 0 Å². The van der Waals surface area contributed by atoms with E-state index in [-0.39, 0.29) is 12.6 Å². The van der Waals surface area contributed by atoms with Crippen molar-refractivity contribution < 1.29 is 24.2 Å². The highest BCUT2D eigenvalue weighted by atomic mass is 32.2. The van der Waals surface area contributed by atoms with Gasteiger partial charge in [-0.25, -0.2) is 14.6 Å². The summed E-state index contributed by atoms with van der Waals surface area (Å²) in [6, 6.07) is 12.8. The molecule has 1 N–H and O–H groups in total. The number of nitrogens with zero attached hydrogens (tertiary/aromatic N) is 4. The van der Waals surface area contributed by atoms with Crippen molar-refractivity contribution in [2.24, 2.45) is 5.92 Å². The second-order valence-electron chi connectivity index (χ2n) is 12.1. The predicted octanol–water partition coefficient (Wildman–Crippen LogP) is 5.30. The van der Waals surface area contributed by atoms with E-state index in [2.05, 4.69) is 47.6 Å². The van der Waals surface area contributed by atoms with E-state index in [1.807, 2.05) is 12.1 Å². The van der Waals surface area contributed by atoms with Gasteiger partial charge in [-0.3, -0.25) is 4.90 Å². The number of aliphatic carboxylic acids is 1. The highest BCUT2D eigenvalue weighted by Gasteiger charge is 2.44. The molecule has 3 saturated heterocycles. The smallest absolute Gasteiger partial charge is 0.341 e. The number of aromatic nitrogens is 1. The van der Waals surface area contributed by atoms with E-state index in [0.717, 1.165) is 87.1 Å². The Morgan fingerprint density at radius 2 is 1.79 bits per heavy atom. The van der Waals surface area contributed by atoms with Crippen molar-refractivity contribution in [3.63, 3.8) is 0 Å². The first kappa shape index (κ1) is 30.6. The Kier molecular flexibility index (Phi) is 10.3. The number of piperidine rings is 1. The average Bonchev–Trinajstić information content (AvgIpc) is 3.29. The fourth-order valence-corrected chi connectivity index (χ4v) is 7.28. The lowest BCUT2D eigenvalue weighted by Crippen LogP contribution is -2.50. The molecule has 4 heterocycles. The van der Waals surface area contributed by atoms with Crippen LogP contribution < -0.4 is 4.74 Å². The highest BCUT2D eigenvalue weighted by Crippen LogP contribution is 2.33. The summed E-state index contributed by atoms with van der Waals surface area (Å²) >= 11 is 1.57. The molecule has 2 aromatic rings. The molecule has 228 valence electrons. The summed E-state index contributed by atoms with van der Waals surface area (Å²) in [5.41, 5.74) is 2.26. The highest BCUT2D eigenvalue weighted by molar-refractivity contribution is 7.99. The molecule has 3 aliphatic rings. The van der Waals surface area contributed by atoms with Crippen LogP contribution in [-0.4, -0.2) is 94.4 Å². The molecule has 0 aliphatic carbocycles. The minimum absolute atomic E-state index is 0.251. The van der Waals surface area contributed by atoms with Gasteiger partial charge in [0.2, 0.25) is 0 Å². The number of hydrogen-bond donors (Lipinski definition) is 1. The number of aryl methyl sites for hydroxylation is 1. The first-order valence-electron chi connectivity index (χ1n) is 15.2. The molecule has 5 rings (SSSR count). The summed E-state index contributed by atoms with van der Waals surface area (Å²) in [6.45, 7) is 11.4. The third-order valence-electron chi connectivity index (χ3n) is 8.57. The number of carbonyl (C=O) groups is 2. The number of hydrogen-bond acceptors (Lipinski definition) is 7. The normalized spacial score (nSPS) is 21.0. The SMILES string of the molecule is Cc1nc(Sc2ccc(OCC(=O)O)cc2)ccc1CN1CCC(N2C(=O)N(C3CCOCC3)CC2CC(C)C)CC1. The maximum absolute atomic E-state index is 13.7. The molecule has 3 aliphatic heterocycles. The van der Waals surface area contributed by atoms with Crippen LogP contribution in [0, 0.1) is 12.8 Å². The van der Waals surface area contributed by atoms with Crippen molar-refractivity contribution in [1.82, 2.24) is 19.7 Å². The summed E-state index contributed by atoms with van der Waals surface area (Å²) in [7, 11) is 0. The van der Waals surface area contributed by atoms with Crippen LogP contribution >= 0.6 is 11.8 Å². The van der Waals surface area contributed by atoms with E-state index in [1.54, 1.807) is 23.9 Å². The Labute approximate surface area is 253 Å². The average molecular weight is 597 g/mol. The van der Waals surface area contributed by atoms with Gasteiger partial charge in [-0.1, -0.05) is 31.7 Å². The van der Waals surface area contributed by atoms with Crippen LogP contribution in [0.4, 0.5) is 4.79 Å². The number of amides is 2. The van der Waals surface area contributed by atoms with Crippen molar-refractivity contribution in [2.45, 2.75) is 87.5 Å². The first-order chi connectivity index (χ1) is 20.3. The molecular weight excluding hydrogens is 552 g/mol. The molecule has 2 amide bonds. The fourth-order valence-electron chi connectivity index (χ4n) is 6.44. The fraction of sp³-hybridized carbons (Fsp3) is 0.594. The quantitative estimate of drug-likeness (QED) is 0.374. The van der Waals surface area contributed by atoms with Gasteiger partial charge in [-0.2, -0.15) is 0 Å². The van der Waals surface area contributed by atoms with Crippen LogP contribution in [0.2, 0.25) is 0 Å². The monoisotopic (exact) mass is 596 g/mol. The van der Waals surface area contributed by atoms with Crippen LogP contribution in [0.5, 0.6) is 5.75 Å². The minimum atomic E-state index is -0.994. The number of carboxylic acids is 1. The van der Waals surface area contributed by atoms with Crippen LogP contribution in [0.1, 0.15) is 57.2 Å². The van der Waals surface area contributed by atoms with Gasteiger partial charge in [-0.05, 0) is 80.8 Å². The van der Waals surface area contributed by atoms with E-state index in [1.165, 1.54) is 5.56 Å². The minimum Gasteiger partial charge on any atom is -0.482 e. The maximum Gasteiger partial charge on any atom is 0.341 e. The van der Waals surface area contributed by atoms with Gasteiger partial charge in [0.15, 0.2) is 6.61 Å².